The van der Waals surface area contributed by atoms with E-state index in [1.54, 1.807) is 0 Å². The van der Waals surface area contributed by atoms with Crippen LogP contribution in [0, 0.1) is 9.49 Å². The largest absolute Gasteiger partial charge is 0.349 e. The number of benzene rings is 1. The first-order chi connectivity index (χ1) is 9.60. The van der Waals surface area contributed by atoms with E-state index < -0.39 is 0 Å². The second kappa shape index (κ2) is 7.78. The van der Waals surface area contributed by atoms with Crippen molar-refractivity contribution in [3.63, 3.8) is 0 Å². The van der Waals surface area contributed by atoms with Gasteiger partial charge in [0, 0.05) is 14.1 Å². The first-order valence-electron chi connectivity index (χ1n) is 7.36. The minimum atomic E-state index is 0.0645. The quantitative estimate of drug-likeness (QED) is 0.633. The average Bonchev–Trinajstić information content (AvgIpc) is 2.44. The predicted octanol–water partition coefficient (Wildman–Crippen LogP) is 5.14. The van der Waals surface area contributed by atoms with Crippen molar-refractivity contribution in [2.45, 2.75) is 51.5 Å². The van der Waals surface area contributed by atoms with Crippen LogP contribution in [0.25, 0.3) is 0 Å². The fourth-order valence-corrected chi connectivity index (χ4v) is 3.88. The van der Waals surface area contributed by atoms with Crippen LogP contribution in [0.1, 0.15) is 55.8 Å². The van der Waals surface area contributed by atoms with Crippen LogP contribution >= 0.6 is 38.5 Å². The van der Waals surface area contributed by atoms with Crippen molar-refractivity contribution in [1.82, 2.24) is 5.32 Å². The SMILES string of the molecule is CCCC1CCC(NC(=O)c2cc(Br)ccc2I)CC1. The van der Waals surface area contributed by atoms with E-state index in [4.69, 9.17) is 0 Å². The minimum absolute atomic E-state index is 0.0645. The molecule has 1 amide bonds. The molecule has 1 aromatic rings. The fraction of sp³-hybridized carbons (Fsp3) is 0.562. The monoisotopic (exact) mass is 449 g/mol. The third kappa shape index (κ3) is 4.45. The van der Waals surface area contributed by atoms with E-state index in [9.17, 15) is 4.79 Å². The van der Waals surface area contributed by atoms with Crippen LogP contribution in [-0.2, 0) is 0 Å². The number of carbonyl (C=O) groups is 1. The molecule has 0 bridgehead atoms. The second-order valence-electron chi connectivity index (χ2n) is 5.60. The second-order valence-corrected chi connectivity index (χ2v) is 7.68. The molecule has 110 valence electrons. The molecular weight excluding hydrogens is 429 g/mol. The summed E-state index contributed by atoms with van der Waals surface area (Å²) < 4.78 is 1.96. The molecule has 1 aliphatic rings. The fourth-order valence-electron chi connectivity index (χ4n) is 2.94. The molecule has 2 rings (SSSR count). The zero-order valence-electron chi connectivity index (χ0n) is 11.8. The number of hydrogen-bond acceptors (Lipinski definition) is 1. The summed E-state index contributed by atoms with van der Waals surface area (Å²) in [4.78, 5) is 12.4. The van der Waals surface area contributed by atoms with Crippen LogP contribution in [0.3, 0.4) is 0 Å². The van der Waals surface area contributed by atoms with Crippen molar-refractivity contribution >= 4 is 44.4 Å². The lowest BCUT2D eigenvalue weighted by molar-refractivity contribution is 0.0920. The molecule has 0 spiro atoms. The predicted molar refractivity (Wildman–Crippen MR) is 95.0 cm³/mol. The summed E-state index contributed by atoms with van der Waals surface area (Å²) in [6.45, 7) is 2.25. The molecule has 1 aliphatic carbocycles. The van der Waals surface area contributed by atoms with Gasteiger partial charge < -0.3 is 5.32 Å². The van der Waals surface area contributed by atoms with E-state index in [0.29, 0.717) is 6.04 Å². The Kier molecular flexibility index (Phi) is 6.33. The van der Waals surface area contributed by atoms with Crippen molar-refractivity contribution in [3.05, 3.63) is 31.8 Å². The molecule has 2 nitrogen and oxygen atoms in total. The highest BCUT2D eigenvalue weighted by atomic mass is 127. The van der Waals surface area contributed by atoms with Gasteiger partial charge in [0.25, 0.3) is 5.91 Å². The highest BCUT2D eigenvalue weighted by molar-refractivity contribution is 14.1. The van der Waals surface area contributed by atoms with Gasteiger partial charge in [0.15, 0.2) is 0 Å². The zero-order chi connectivity index (χ0) is 14.5. The average molecular weight is 450 g/mol. The van der Waals surface area contributed by atoms with Crippen molar-refractivity contribution in [3.8, 4) is 0 Å². The highest BCUT2D eigenvalue weighted by Crippen LogP contribution is 2.28. The van der Waals surface area contributed by atoms with Gasteiger partial charge in [0.05, 0.1) is 5.56 Å². The van der Waals surface area contributed by atoms with E-state index in [0.717, 1.165) is 32.4 Å². The maximum absolute atomic E-state index is 12.4. The van der Waals surface area contributed by atoms with E-state index in [-0.39, 0.29) is 5.91 Å². The number of halogens is 2. The van der Waals surface area contributed by atoms with Gasteiger partial charge in [-0.25, -0.2) is 0 Å². The smallest absolute Gasteiger partial charge is 0.252 e. The molecule has 4 heteroatoms. The lowest BCUT2D eigenvalue weighted by atomic mass is 9.83. The van der Waals surface area contributed by atoms with Gasteiger partial charge in [-0.3, -0.25) is 4.79 Å². The van der Waals surface area contributed by atoms with Crippen LogP contribution in [0.5, 0.6) is 0 Å². The Labute approximate surface area is 143 Å². The van der Waals surface area contributed by atoms with Gasteiger partial charge in [-0.1, -0.05) is 35.7 Å². The summed E-state index contributed by atoms with van der Waals surface area (Å²) in [6, 6.07) is 6.19. The standard InChI is InChI=1S/C16H21BrINO/c1-2-3-11-4-7-13(8-5-11)19-16(20)14-10-12(17)6-9-15(14)18/h6,9-11,13H,2-5,7-8H2,1H3,(H,19,20). The van der Waals surface area contributed by atoms with Gasteiger partial charge in [-0.2, -0.15) is 0 Å². The molecule has 0 unspecified atom stereocenters. The van der Waals surface area contributed by atoms with Gasteiger partial charge in [0.2, 0.25) is 0 Å². The Morgan fingerprint density at radius 3 is 2.70 bits per heavy atom. The lowest BCUT2D eigenvalue weighted by Gasteiger charge is -2.29. The van der Waals surface area contributed by atoms with Gasteiger partial charge in [0.1, 0.15) is 0 Å². The number of amides is 1. The van der Waals surface area contributed by atoms with Crippen molar-refractivity contribution in [1.29, 1.82) is 0 Å². The molecule has 0 heterocycles. The number of carbonyl (C=O) groups excluding carboxylic acids is 1. The summed E-state index contributed by atoms with van der Waals surface area (Å²) in [7, 11) is 0. The van der Waals surface area contributed by atoms with Crippen molar-refractivity contribution in [2.24, 2.45) is 5.92 Å². The molecule has 0 radical (unpaired) electrons. The number of nitrogens with one attached hydrogen (secondary N) is 1. The molecule has 0 atom stereocenters. The van der Waals surface area contributed by atoms with Crippen LogP contribution in [0.2, 0.25) is 0 Å². The van der Waals surface area contributed by atoms with Gasteiger partial charge >= 0.3 is 0 Å². The molecule has 0 aromatic heterocycles. The summed E-state index contributed by atoms with van der Waals surface area (Å²) in [5.41, 5.74) is 0.774. The Bertz CT molecular complexity index is 470. The molecule has 0 aliphatic heterocycles. The highest BCUT2D eigenvalue weighted by Gasteiger charge is 2.22. The zero-order valence-corrected chi connectivity index (χ0v) is 15.5. The molecule has 1 saturated carbocycles. The number of rotatable bonds is 4. The molecule has 1 N–H and O–H groups in total. The molecule has 1 aromatic carbocycles. The molecular formula is C16H21BrINO. The van der Waals surface area contributed by atoms with Gasteiger partial charge in [-0.15, -0.1) is 0 Å². The summed E-state index contributed by atoms with van der Waals surface area (Å²) in [5, 5.41) is 3.20. The van der Waals surface area contributed by atoms with Gasteiger partial charge in [-0.05, 0) is 72.4 Å². The Balaban J connectivity index is 1.91. The molecule has 0 saturated heterocycles. The minimum Gasteiger partial charge on any atom is -0.349 e. The van der Waals surface area contributed by atoms with Crippen LogP contribution in [-0.4, -0.2) is 11.9 Å². The van der Waals surface area contributed by atoms with Crippen molar-refractivity contribution < 1.29 is 4.79 Å². The normalized spacial score (nSPS) is 22.6. The Morgan fingerprint density at radius 2 is 2.05 bits per heavy atom. The van der Waals surface area contributed by atoms with Crippen molar-refractivity contribution in [2.75, 3.05) is 0 Å². The van der Waals surface area contributed by atoms with E-state index in [1.807, 2.05) is 18.2 Å². The summed E-state index contributed by atoms with van der Waals surface area (Å²) >= 11 is 5.65. The maximum Gasteiger partial charge on any atom is 0.252 e. The molecule has 20 heavy (non-hydrogen) atoms. The maximum atomic E-state index is 12.4. The van der Waals surface area contributed by atoms with E-state index in [2.05, 4.69) is 50.8 Å². The van der Waals surface area contributed by atoms with E-state index >= 15 is 0 Å². The third-order valence-electron chi connectivity index (χ3n) is 4.05. The van der Waals surface area contributed by atoms with Crippen LogP contribution in [0.15, 0.2) is 22.7 Å². The Morgan fingerprint density at radius 1 is 1.35 bits per heavy atom. The summed E-state index contributed by atoms with van der Waals surface area (Å²) in [6.07, 6.45) is 7.38. The first kappa shape index (κ1) is 16.3. The third-order valence-corrected chi connectivity index (χ3v) is 5.49. The molecule has 1 fully saturated rings. The summed E-state index contributed by atoms with van der Waals surface area (Å²) in [5.74, 6) is 0.939. The van der Waals surface area contributed by atoms with Crippen LogP contribution in [0.4, 0.5) is 0 Å². The van der Waals surface area contributed by atoms with E-state index in [1.165, 1.54) is 25.7 Å². The first-order valence-corrected chi connectivity index (χ1v) is 9.23. The topological polar surface area (TPSA) is 29.1 Å². The number of hydrogen-bond donors (Lipinski definition) is 1. The lowest BCUT2D eigenvalue weighted by Crippen LogP contribution is -2.38. The van der Waals surface area contributed by atoms with Crippen LogP contribution < -0.4 is 5.32 Å². The Hall–Kier alpha value is -0.100.